The third kappa shape index (κ3) is 2.70. The molecular weight excluding hydrogens is 307 g/mol. The summed E-state index contributed by atoms with van der Waals surface area (Å²) in [6.07, 6.45) is 6.45. The zero-order valence-electron chi connectivity index (χ0n) is 8.33. The number of ether oxygens (including phenoxy) is 1. The summed E-state index contributed by atoms with van der Waals surface area (Å²) in [5.41, 5.74) is -0.132. The van der Waals surface area contributed by atoms with Crippen molar-refractivity contribution in [2.24, 2.45) is 5.92 Å². The van der Waals surface area contributed by atoms with Gasteiger partial charge in [-0.05, 0) is 41.4 Å². The monoisotopic (exact) mass is 320 g/mol. The number of H-pyrrole nitrogens is 1. The van der Waals surface area contributed by atoms with Gasteiger partial charge < -0.3 is 9.72 Å². The maximum atomic E-state index is 11.3. The quantitative estimate of drug-likeness (QED) is 0.866. The van der Waals surface area contributed by atoms with E-state index in [4.69, 9.17) is 4.74 Å². The molecule has 0 saturated heterocycles. The molecule has 1 aliphatic carbocycles. The molecule has 4 nitrogen and oxygen atoms in total. The number of nitrogens with zero attached hydrogens (tertiary/aromatic N) is 1. The number of aromatic amines is 1. The van der Waals surface area contributed by atoms with Crippen molar-refractivity contribution in [1.82, 2.24) is 9.97 Å². The van der Waals surface area contributed by atoms with E-state index < -0.39 is 0 Å². The summed E-state index contributed by atoms with van der Waals surface area (Å²) < 4.78 is 6.10. The third-order valence-corrected chi connectivity index (χ3v) is 3.65. The van der Waals surface area contributed by atoms with E-state index >= 15 is 0 Å². The molecule has 1 aromatic heterocycles. The molecule has 0 bridgehead atoms. The van der Waals surface area contributed by atoms with Gasteiger partial charge in [-0.15, -0.1) is 0 Å². The fourth-order valence-corrected chi connectivity index (χ4v) is 2.29. The maximum absolute atomic E-state index is 11.3. The van der Waals surface area contributed by atoms with Gasteiger partial charge in [0.1, 0.15) is 3.57 Å². The predicted molar refractivity (Wildman–Crippen MR) is 65.0 cm³/mol. The van der Waals surface area contributed by atoms with E-state index in [0.717, 1.165) is 0 Å². The van der Waals surface area contributed by atoms with Crippen LogP contribution in [0.2, 0.25) is 0 Å². The average Bonchev–Trinajstić information content (AvgIpc) is 2.73. The minimum atomic E-state index is -0.132. The molecule has 0 radical (unpaired) electrons. The van der Waals surface area contributed by atoms with Crippen LogP contribution in [0.1, 0.15) is 25.7 Å². The van der Waals surface area contributed by atoms with Crippen molar-refractivity contribution in [3.63, 3.8) is 0 Å². The predicted octanol–water partition coefficient (Wildman–Crippen LogP) is 1.94. The van der Waals surface area contributed by atoms with Gasteiger partial charge in [0.2, 0.25) is 5.88 Å². The van der Waals surface area contributed by atoms with Gasteiger partial charge in [-0.1, -0.05) is 12.8 Å². The van der Waals surface area contributed by atoms with Gasteiger partial charge in [-0.2, -0.15) is 0 Å². The molecule has 0 spiro atoms. The van der Waals surface area contributed by atoms with Crippen molar-refractivity contribution in [3.05, 3.63) is 20.3 Å². The van der Waals surface area contributed by atoms with Crippen LogP contribution in [-0.4, -0.2) is 16.6 Å². The van der Waals surface area contributed by atoms with E-state index in [1.54, 1.807) is 0 Å². The standard InChI is InChI=1S/C10H13IN2O2/c11-8-9(14)12-6-13-10(8)15-5-7-3-1-2-4-7/h6-7H,1-5H2,(H,12,13,14). The highest BCUT2D eigenvalue weighted by atomic mass is 127. The van der Waals surface area contributed by atoms with Crippen molar-refractivity contribution in [2.75, 3.05) is 6.61 Å². The zero-order valence-corrected chi connectivity index (χ0v) is 10.5. The van der Waals surface area contributed by atoms with Gasteiger partial charge in [-0.3, -0.25) is 4.79 Å². The Bertz CT molecular complexity index is 385. The topological polar surface area (TPSA) is 55.0 Å². The van der Waals surface area contributed by atoms with Gasteiger partial charge in [-0.25, -0.2) is 4.98 Å². The van der Waals surface area contributed by atoms with E-state index in [1.807, 2.05) is 22.6 Å². The highest BCUT2D eigenvalue weighted by Crippen LogP contribution is 2.25. The van der Waals surface area contributed by atoms with Crippen molar-refractivity contribution in [1.29, 1.82) is 0 Å². The van der Waals surface area contributed by atoms with Crippen molar-refractivity contribution < 1.29 is 4.74 Å². The maximum Gasteiger partial charge on any atom is 0.268 e. The van der Waals surface area contributed by atoms with E-state index in [2.05, 4.69) is 9.97 Å². The molecule has 2 rings (SSSR count). The molecule has 1 heterocycles. The first-order valence-electron chi connectivity index (χ1n) is 5.13. The normalized spacial score (nSPS) is 16.9. The Morgan fingerprint density at radius 1 is 1.53 bits per heavy atom. The van der Waals surface area contributed by atoms with Gasteiger partial charge in [0.15, 0.2) is 0 Å². The summed E-state index contributed by atoms with van der Waals surface area (Å²) in [6.45, 7) is 0.687. The Labute approximate surface area is 102 Å². The van der Waals surface area contributed by atoms with Crippen LogP contribution in [-0.2, 0) is 0 Å². The van der Waals surface area contributed by atoms with E-state index in [-0.39, 0.29) is 5.56 Å². The number of nitrogens with one attached hydrogen (secondary N) is 1. The first kappa shape index (κ1) is 10.9. The molecule has 0 atom stereocenters. The number of rotatable bonds is 3. The third-order valence-electron chi connectivity index (χ3n) is 2.70. The van der Waals surface area contributed by atoms with Gasteiger partial charge in [0, 0.05) is 0 Å². The lowest BCUT2D eigenvalue weighted by molar-refractivity contribution is 0.241. The molecule has 1 aliphatic rings. The highest BCUT2D eigenvalue weighted by Gasteiger charge is 2.16. The van der Waals surface area contributed by atoms with Crippen LogP contribution in [0.15, 0.2) is 11.1 Å². The average molecular weight is 320 g/mol. The van der Waals surface area contributed by atoms with Crippen LogP contribution in [0.25, 0.3) is 0 Å². The smallest absolute Gasteiger partial charge is 0.268 e. The molecule has 1 aromatic rings. The number of hydrogen-bond donors (Lipinski definition) is 1. The summed E-state index contributed by atoms with van der Waals surface area (Å²) in [5, 5.41) is 0. The summed E-state index contributed by atoms with van der Waals surface area (Å²) in [6, 6.07) is 0. The SMILES string of the molecule is O=c1[nH]cnc(OCC2CCCC2)c1I. The summed E-state index contributed by atoms with van der Waals surface area (Å²) >= 11 is 1.96. The number of aromatic nitrogens is 2. The molecule has 1 fully saturated rings. The van der Waals surface area contributed by atoms with Crippen molar-refractivity contribution in [3.8, 4) is 5.88 Å². The molecule has 1 N–H and O–H groups in total. The largest absolute Gasteiger partial charge is 0.476 e. The second-order valence-electron chi connectivity index (χ2n) is 3.81. The number of halogens is 1. The first-order valence-corrected chi connectivity index (χ1v) is 6.21. The Kier molecular flexibility index (Phi) is 3.61. The van der Waals surface area contributed by atoms with Crippen molar-refractivity contribution in [2.45, 2.75) is 25.7 Å². The molecule has 1 saturated carbocycles. The van der Waals surface area contributed by atoms with Crippen molar-refractivity contribution >= 4 is 22.6 Å². The minimum Gasteiger partial charge on any atom is -0.476 e. The zero-order chi connectivity index (χ0) is 10.7. The Balaban J connectivity index is 1.98. The highest BCUT2D eigenvalue weighted by molar-refractivity contribution is 14.1. The van der Waals surface area contributed by atoms with Gasteiger partial charge in [0.25, 0.3) is 5.56 Å². The fraction of sp³-hybridized carbons (Fsp3) is 0.600. The molecular formula is C10H13IN2O2. The molecule has 0 aromatic carbocycles. The molecule has 0 aliphatic heterocycles. The van der Waals surface area contributed by atoms with Crippen LogP contribution in [0.3, 0.4) is 0 Å². The second-order valence-corrected chi connectivity index (χ2v) is 4.89. The summed E-state index contributed by atoms with van der Waals surface area (Å²) in [5.74, 6) is 1.10. The van der Waals surface area contributed by atoms with Crippen LogP contribution in [0.5, 0.6) is 5.88 Å². The van der Waals surface area contributed by atoms with Crippen LogP contribution >= 0.6 is 22.6 Å². The summed E-state index contributed by atoms with van der Waals surface area (Å²) in [7, 11) is 0. The van der Waals surface area contributed by atoms with E-state index in [1.165, 1.54) is 32.0 Å². The van der Waals surface area contributed by atoms with Crippen LogP contribution in [0.4, 0.5) is 0 Å². The van der Waals surface area contributed by atoms with E-state index in [0.29, 0.717) is 22.0 Å². The van der Waals surface area contributed by atoms with Crippen LogP contribution < -0.4 is 10.3 Å². The fourth-order valence-electron chi connectivity index (χ4n) is 1.84. The second kappa shape index (κ2) is 4.96. The molecule has 0 amide bonds. The first-order chi connectivity index (χ1) is 7.27. The lowest BCUT2D eigenvalue weighted by Crippen LogP contribution is -2.15. The van der Waals surface area contributed by atoms with Gasteiger partial charge >= 0.3 is 0 Å². The molecule has 82 valence electrons. The Morgan fingerprint density at radius 2 is 2.27 bits per heavy atom. The van der Waals surface area contributed by atoms with E-state index in [9.17, 15) is 4.79 Å². The van der Waals surface area contributed by atoms with Crippen LogP contribution in [0, 0.1) is 9.49 Å². The molecule has 0 unspecified atom stereocenters. The Morgan fingerprint density at radius 3 is 3.00 bits per heavy atom. The summed E-state index contributed by atoms with van der Waals surface area (Å²) in [4.78, 5) is 17.8. The Hall–Kier alpha value is -0.590. The lowest BCUT2D eigenvalue weighted by Gasteiger charge is -2.10. The van der Waals surface area contributed by atoms with Gasteiger partial charge in [0.05, 0.1) is 12.9 Å². The lowest BCUT2D eigenvalue weighted by atomic mass is 10.1. The minimum absolute atomic E-state index is 0.132. The molecule has 5 heteroatoms. The molecule has 15 heavy (non-hydrogen) atoms. The number of hydrogen-bond acceptors (Lipinski definition) is 3.